The Morgan fingerprint density at radius 2 is 1.71 bits per heavy atom. The largest absolute Gasteiger partial charge is 0.363 e. The number of rotatable bonds is 3. The molecule has 0 bridgehead atoms. The van der Waals surface area contributed by atoms with Crippen LogP contribution in [-0.4, -0.2) is 19.1 Å². The minimum atomic E-state index is -0.111. The molecule has 0 saturated heterocycles. The van der Waals surface area contributed by atoms with Crippen LogP contribution < -0.4 is 10.6 Å². The molecule has 0 unspecified atom stereocenters. The molecule has 0 amide bonds. The Balaban J connectivity index is 2.23. The summed E-state index contributed by atoms with van der Waals surface area (Å²) in [6, 6.07) is 13.9. The molecular weight excluding hydrogens is 210 g/mol. The van der Waals surface area contributed by atoms with Gasteiger partial charge in [-0.3, -0.25) is 0 Å². The topological polar surface area (TPSA) is 42.1 Å². The molecule has 2 rings (SSSR count). The van der Waals surface area contributed by atoms with Crippen LogP contribution in [0, 0.1) is 0 Å². The zero-order valence-electron chi connectivity index (χ0n) is 10.2. The number of hydrogen-bond acceptors (Lipinski definition) is 3. The summed E-state index contributed by atoms with van der Waals surface area (Å²) in [4.78, 5) is 6.34. The summed E-state index contributed by atoms with van der Waals surface area (Å²) in [6.45, 7) is 0. The van der Waals surface area contributed by atoms with E-state index in [1.54, 1.807) is 0 Å². The molecule has 0 aliphatic rings. The molecule has 0 saturated carbocycles. The minimum absolute atomic E-state index is 0.111. The van der Waals surface area contributed by atoms with Crippen LogP contribution in [0.4, 0.5) is 5.82 Å². The molecule has 1 aromatic carbocycles. The van der Waals surface area contributed by atoms with Crippen LogP contribution in [0.5, 0.6) is 0 Å². The first-order valence-electron chi connectivity index (χ1n) is 5.62. The number of anilines is 1. The van der Waals surface area contributed by atoms with Crippen molar-refractivity contribution in [3.63, 3.8) is 0 Å². The van der Waals surface area contributed by atoms with Gasteiger partial charge in [0, 0.05) is 20.3 Å². The average Bonchev–Trinajstić information content (AvgIpc) is 2.39. The molecule has 0 radical (unpaired) electrons. The fraction of sp³-hybridized carbons (Fsp3) is 0.214. The van der Waals surface area contributed by atoms with Crippen molar-refractivity contribution < 1.29 is 0 Å². The van der Waals surface area contributed by atoms with Crippen LogP contribution in [0.15, 0.2) is 48.7 Å². The van der Waals surface area contributed by atoms with Gasteiger partial charge in [0.25, 0.3) is 0 Å². The van der Waals surface area contributed by atoms with Gasteiger partial charge in [-0.15, -0.1) is 0 Å². The van der Waals surface area contributed by atoms with Crippen molar-refractivity contribution in [3.05, 3.63) is 59.8 Å². The third-order valence-corrected chi connectivity index (χ3v) is 2.75. The first-order valence-corrected chi connectivity index (χ1v) is 5.62. The van der Waals surface area contributed by atoms with E-state index in [1.165, 1.54) is 0 Å². The highest BCUT2D eigenvalue weighted by molar-refractivity contribution is 5.39. The lowest BCUT2D eigenvalue weighted by Crippen LogP contribution is -2.14. The van der Waals surface area contributed by atoms with Gasteiger partial charge in [0.2, 0.25) is 0 Å². The molecule has 17 heavy (non-hydrogen) atoms. The molecule has 2 N–H and O–H groups in total. The number of nitrogens with zero attached hydrogens (tertiary/aromatic N) is 2. The lowest BCUT2D eigenvalue weighted by atomic mass is 10.0. The molecule has 88 valence electrons. The number of pyridine rings is 1. The normalized spacial score (nSPS) is 12.2. The zero-order chi connectivity index (χ0) is 12.3. The van der Waals surface area contributed by atoms with Crippen LogP contribution in [0.1, 0.15) is 17.2 Å². The molecule has 2 aromatic rings. The van der Waals surface area contributed by atoms with Gasteiger partial charge in [-0.2, -0.15) is 0 Å². The van der Waals surface area contributed by atoms with Crippen LogP contribution in [0.3, 0.4) is 0 Å². The molecule has 0 aliphatic heterocycles. The molecule has 1 atom stereocenters. The lowest BCUT2D eigenvalue weighted by Gasteiger charge is -2.15. The van der Waals surface area contributed by atoms with Crippen molar-refractivity contribution in [2.75, 3.05) is 19.0 Å². The van der Waals surface area contributed by atoms with Gasteiger partial charge < -0.3 is 10.6 Å². The molecular formula is C14H17N3. The van der Waals surface area contributed by atoms with Gasteiger partial charge in [-0.05, 0) is 17.2 Å². The summed E-state index contributed by atoms with van der Waals surface area (Å²) in [5, 5.41) is 0. The molecule has 0 aliphatic carbocycles. The van der Waals surface area contributed by atoms with Gasteiger partial charge in [-0.25, -0.2) is 4.98 Å². The van der Waals surface area contributed by atoms with Crippen molar-refractivity contribution in [1.29, 1.82) is 0 Å². The van der Waals surface area contributed by atoms with E-state index in [9.17, 15) is 0 Å². The van der Waals surface area contributed by atoms with Gasteiger partial charge in [0.1, 0.15) is 5.82 Å². The summed E-state index contributed by atoms with van der Waals surface area (Å²) < 4.78 is 0. The second-order valence-electron chi connectivity index (χ2n) is 4.23. The van der Waals surface area contributed by atoms with Gasteiger partial charge in [0.05, 0.1) is 6.04 Å². The minimum Gasteiger partial charge on any atom is -0.363 e. The van der Waals surface area contributed by atoms with E-state index in [0.717, 1.165) is 16.9 Å². The maximum atomic E-state index is 6.19. The van der Waals surface area contributed by atoms with Crippen molar-refractivity contribution in [2.45, 2.75) is 6.04 Å². The summed E-state index contributed by atoms with van der Waals surface area (Å²) in [5.74, 6) is 0.939. The number of benzene rings is 1. The molecule has 3 heteroatoms. The highest BCUT2D eigenvalue weighted by Crippen LogP contribution is 2.19. The van der Waals surface area contributed by atoms with Crippen LogP contribution >= 0.6 is 0 Å². The first kappa shape index (κ1) is 11.6. The number of aromatic nitrogens is 1. The Labute approximate surface area is 102 Å². The summed E-state index contributed by atoms with van der Waals surface area (Å²) in [6.07, 6.45) is 1.84. The smallest absolute Gasteiger partial charge is 0.127 e. The van der Waals surface area contributed by atoms with Crippen LogP contribution in [0.25, 0.3) is 0 Å². The molecule has 1 heterocycles. The van der Waals surface area contributed by atoms with Gasteiger partial charge in [0.15, 0.2) is 0 Å². The van der Waals surface area contributed by atoms with E-state index in [0.29, 0.717) is 0 Å². The van der Waals surface area contributed by atoms with E-state index in [2.05, 4.69) is 4.98 Å². The quantitative estimate of drug-likeness (QED) is 0.874. The first-order chi connectivity index (χ1) is 8.18. The summed E-state index contributed by atoms with van der Waals surface area (Å²) >= 11 is 0. The van der Waals surface area contributed by atoms with Crippen LogP contribution in [-0.2, 0) is 0 Å². The van der Waals surface area contributed by atoms with Gasteiger partial charge in [-0.1, -0.05) is 36.4 Å². The zero-order valence-corrected chi connectivity index (χ0v) is 10.2. The fourth-order valence-electron chi connectivity index (χ4n) is 1.70. The van der Waals surface area contributed by atoms with Crippen LogP contribution in [0.2, 0.25) is 0 Å². The second kappa shape index (κ2) is 4.97. The summed E-state index contributed by atoms with van der Waals surface area (Å²) in [5.41, 5.74) is 8.32. The standard InChI is InChI=1S/C14H17N3/c1-17(2)13-9-8-12(10-16-13)14(15)11-6-4-3-5-7-11/h3-10,14H,15H2,1-2H3/t14-/m1/s1. The third-order valence-electron chi connectivity index (χ3n) is 2.75. The number of nitrogens with two attached hydrogens (primary N) is 1. The summed E-state index contributed by atoms with van der Waals surface area (Å²) in [7, 11) is 3.94. The highest BCUT2D eigenvalue weighted by Gasteiger charge is 2.08. The van der Waals surface area contributed by atoms with Crippen molar-refractivity contribution in [3.8, 4) is 0 Å². The van der Waals surface area contributed by atoms with E-state index < -0.39 is 0 Å². The number of hydrogen-bond donors (Lipinski definition) is 1. The highest BCUT2D eigenvalue weighted by atomic mass is 15.1. The second-order valence-corrected chi connectivity index (χ2v) is 4.23. The Hall–Kier alpha value is -1.87. The van der Waals surface area contributed by atoms with Crippen molar-refractivity contribution >= 4 is 5.82 Å². The van der Waals surface area contributed by atoms with E-state index in [-0.39, 0.29) is 6.04 Å². The van der Waals surface area contributed by atoms with Gasteiger partial charge >= 0.3 is 0 Å². The maximum absolute atomic E-state index is 6.19. The Morgan fingerprint density at radius 1 is 1.00 bits per heavy atom. The fourth-order valence-corrected chi connectivity index (χ4v) is 1.70. The van der Waals surface area contributed by atoms with E-state index in [4.69, 9.17) is 5.73 Å². The molecule has 3 nitrogen and oxygen atoms in total. The third kappa shape index (κ3) is 2.63. The molecule has 0 fully saturated rings. The Bertz CT molecular complexity index is 463. The SMILES string of the molecule is CN(C)c1ccc([C@H](N)c2ccccc2)cn1. The van der Waals surface area contributed by atoms with E-state index in [1.807, 2.05) is 67.7 Å². The predicted octanol–water partition coefficient (Wildman–Crippen LogP) is 2.20. The average molecular weight is 227 g/mol. The van der Waals surface area contributed by atoms with Crippen molar-refractivity contribution in [2.24, 2.45) is 5.73 Å². The van der Waals surface area contributed by atoms with Crippen molar-refractivity contribution in [1.82, 2.24) is 4.98 Å². The predicted molar refractivity (Wildman–Crippen MR) is 71.0 cm³/mol. The lowest BCUT2D eigenvalue weighted by molar-refractivity contribution is 0.861. The maximum Gasteiger partial charge on any atom is 0.127 e. The van der Waals surface area contributed by atoms with E-state index >= 15 is 0 Å². The molecule has 1 aromatic heterocycles. The Kier molecular flexibility index (Phi) is 3.40. The molecule has 0 spiro atoms. The monoisotopic (exact) mass is 227 g/mol. The Morgan fingerprint density at radius 3 is 2.24 bits per heavy atom.